The van der Waals surface area contributed by atoms with Crippen LogP contribution in [0.25, 0.3) is 0 Å². The summed E-state index contributed by atoms with van der Waals surface area (Å²) in [5.74, 6) is 1.22. The number of aryl methyl sites for hydroxylation is 1. The van der Waals surface area contributed by atoms with E-state index in [-0.39, 0.29) is 30.7 Å². The zero-order valence-corrected chi connectivity index (χ0v) is 17.0. The van der Waals surface area contributed by atoms with E-state index < -0.39 is 0 Å². The van der Waals surface area contributed by atoms with Crippen LogP contribution in [0.2, 0.25) is 0 Å². The van der Waals surface area contributed by atoms with Gasteiger partial charge in [-0.15, -0.1) is 0 Å². The normalized spacial score (nSPS) is 15.5. The highest BCUT2D eigenvalue weighted by atomic mass is 19.1. The first kappa shape index (κ1) is 22.9. The molecule has 0 unspecified atom stereocenters. The lowest BCUT2D eigenvalue weighted by atomic mass is 9.93. The van der Waals surface area contributed by atoms with Crippen molar-refractivity contribution in [2.24, 2.45) is 0 Å². The van der Waals surface area contributed by atoms with Gasteiger partial charge in [-0.1, -0.05) is 27.7 Å². The summed E-state index contributed by atoms with van der Waals surface area (Å²) in [5.41, 5.74) is 9.64. The predicted octanol–water partition coefficient (Wildman–Crippen LogP) is 3.67. The van der Waals surface area contributed by atoms with Crippen molar-refractivity contribution in [3.05, 3.63) is 40.8 Å². The van der Waals surface area contributed by atoms with Gasteiger partial charge in [0, 0.05) is 19.8 Å². The highest BCUT2D eigenvalue weighted by Crippen LogP contribution is 2.30. The summed E-state index contributed by atoms with van der Waals surface area (Å²) in [6.45, 7) is 11.5. The topological polar surface area (TPSA) is 93.8 Å². The number of nitrogens with two attached hydrogens (primary N) is 1. The van der Waals surface area contributed by atoms with E-state index in [0.29, 0.717) is 6.61 Å². The van der Waals surface area contributed by atoms with Crippen molar-refractivity contribution < 1.29 is 20.8 Å². The number of benzene rings is 1. The molecule has 0 radical (unpaired) electrons. The van der Waals surface area contributed by atoms with E-state index >= 15 is 0 Å². The first-order valence-electron chi connectivity index (χ1n) is 9.01. The molecular formula is C20H34FN3O3. The third kappa shape index (κ3) is 5.43. The SMILES string of the molecule is CC(C)c1cc(F)cc(C(C)C)c1N.CO[C@@H]1COc2c(C)cnn2C1.O.[HH]. The predicted molar refractivity (Wildman–Crippen MR) is 108 cm³/mol. The van der Waals surface area contributed by atoms with E-state index in [4.69, 9.17) is 15.2 Å². The molecule has 27 heavy (non-hydrogen) atoms. The van der Waals surface area contributed by atoms with Gasteiger partial charge in [-0.25, -0.2) is 9.07 Å². The standard InChI is InChI=1S/C12H18FN.C8H12N2O2.H2O.H2/c1-7(2)10-5-9(13)6-11(8(3)4)12(10)14;1-6-3-9-10-4-7(11-2)5-12-8(6)10;;/h5-8H,14H2,1-4H3;3,7H,4-5H2,1-2H3;1H2;1H/t;7-;;/m.0../s1. The van der Waals surface area contributed by atoms with E-state index in [1.54, 1.807) is 7.11 Å². The molecule has 4 N–H and O–H groups in total. The Morgan fingerprint density at radius 1 is 1.26 bits per heavy atom. The maximum Gasteiger partial charge on any atom is 0.214 e. The van der Waals surface area contributed by atoms with Gasteiger partial charge in [0.2, 0.25) is 5.88 Å². The van der Waals surface area contributed by atoms with Gasteiger partial charge < -0.3 is 20.7 Å². The average Bonchev–Trinajstić information content (AvgIpc) is 2.97. The van der Waals surface area contributed by atoms with Gasteiger partial charge in [0.05, 0.1) is 12.7 Å². The van der Waals surface area contributed by atoms with Crippen LogP contribution in [0.3, 0.4) is 0 Å². The number of hydrogen-bond acceptors (Lipinski definition) is 4. The van der Waals surface area contributed by atoms with Crippen molar-refractivity contribution in [2.75, 3.05) is 19.5 Å². The van der Waals surface area contributed by atoms with Crippen LogP contribution >= 0.6 is 0 Å². The molecule has 0 amide bonds. The number of fused-ring (bicyclic) bond motifs is 1. The van der Waals surface area contributed by atoms with Crippen molar-refractivity contribution in [3.8, 4) is 5.88 Å². The van der Waals surface area contributed by atoms with Crippen molar-refractivity contribution >= 4 is 5.69 Å². The Morgan fingerprint density at radius 2 is 1.81 bits per heavy atom. The zero-order valence-electron chi connectivity index (χ0n) is 17.0. The van der Waals surface area contributed by atoms with Crippen molar-refractivity contribution in [3.63, 3.8) is 0 Å². The van der Waals surface area contributed by atoms with Crippen LogP contribution in [0.15, 0.2) is 18.3 Å². The van der Waals surface area contributed by atoms with Crippen LogP contribution in [0.1, 0.15) is 57.6 Å². The van der Waals surface area contributed by atoms with Crippen molar-refractivity contribution in [2.45, 2.75) is 59.1 Å². The van der Waals surface area contributed by atoms with Crippen LogP contribution in [0.5, 0.6) is 5.88 Å². The number of rotatable bonds is 3. The minimum Gasteiger partial charge on any atom is -0.475 e. The van der Waals surface area contributed by atoms with Crippen LogP contribution in [0, 0.1) is 12.7 Å². The monoisotopic (exact) mass is 383 g/mol. The fourth-order valence-electron chi connectivity index (χ4n) is 2.96. The maximum absolute atomic E-state index is 13.3. The summed E-state index contributed by atoms with van der Waals surface area (Å²) in [6, 6.07) is 3.07. The maximum atomic E-state index is 13.3. The van der Waals surface area contributed by atoms with Crippen molar-refractivity contribution in [1.82, 2.24) is 9.78 Å². The second-order valence-corrected chi connectivity index (χ2v) is 7.29. The molecule has 6 nitrogen and oxygen atoms in total. The number of aromatic nitrogens is 2. The smallest absolute Gasteiger partial charge is 0.214 e. The van der Waals surface area contributed by atoms with E-state index in [1.165, 1.54) is 12.1 Å². The Bertz CT molecular complexity index is 721. The Hall–Kier alpha value is -2.12. The molecule has 0 saturated carbocycles. The number of halogens is 1. The summed E-state index contributed by atoms with van der Waals surface area (Å²) in [7, 11) is 1.69. The van der Waals surface area contributed by atoms with Gasteiger partial charge in [-0.05, 0) is 42.0 Å². The molecule has 0 bridgehead atoms. The zero-order chi connectivity index (χ0) is 19.4. The molecule has 154 valence electrons. The molecule has 0 spiro atoms. The second kappa shape index (κ2) is 9.71. The first-order chi connectivity index (χ1) is 12.2. The molecule has 0 saturated heterocycles. The third-order valence-corrected chi connectivity index (χ3v) is 4.53. The summed E-state index contributed by atoms with van der Waals surface area (Å²) < 4.78 is 25.8. The lowest BCUT2D eigenvalue weighted by Gasteiger charge is -2.23. The van der Waals surface area contributed by atoms with Gasteiger partial charge in [0.1, 0.15) is 18.5 Å². The first-order valence-corrected chi connectivity index (χ1v) is 9.01. The molecule has 2 heterocycles. The fourth-order valence-corrected chi connectivity index (χ4v) is 2.96. The number of anilines is 1. The Morgan fingerprint density at radius 3 is 2.30 bits per heavy atom. The van der Waals surface area contributed by atoms with Crippen LogP contribution in [0.4, 0.5) is 10.1 Å². The van der Waals surface area contributed by atoms with Gasteiger partial charge in [0.25, 0.3) is 0 Å². The molecule has 1 atom stereocenters. The number of nitrogens with zero attached hydrogens (tertiary/aromatic N) is 2. The van der Waals surface area contributed by atoms with Crippen molar-refractivity contribution in [1.29, 1.82) is 0 Å². The average molecular weight is 384 g/mol. The molecule has 1 aliphatic heterocycles. The molecule has 1 aromatic heterocycles. The van der Waals surface area contributed by atoms with Gasteiger partial charge in [-0.3, -0.25) is 0 Å². The van der Waals surface area contributed by atoms with E-state index in [0.717, 1.165) is 34.8 Å². The van der Waals surface area contributed by atoms with E-state index in [1.807, 2.05) is 45.5 Å². The molecule has 1 aromatic carbocycles. The minimum absolute atomic E-state index is 0. The minimum atomic E-state index is -0.188. The quantitative estimate of drug-likeness (QED) is 0.818. The summed E-state index contributed by atoms with van der Waals surface area (Å²) in [6.07, 6.45) is 1.95. The Balaban J connectivity index is 0.000000489. The van der Waals surface area contributed by atoms with Crippen LogP contribution in [-0.4, -0.2) is 35.1 Å². The molecule has 0 aliphatic carbocycles. The molecule has 7 heteroatoms. The summed E-state index contributed by atoms with van der Waals surface area (Å²) >= 11 is 0. The molecule has 0 fully saturated rings. The number of ether oxygens (including phenoxy) is 2. The molecule has 1 aliphatic rings. The largest absolute Gasteiger partial charge is 0.475 e. The molecule has 2 aromatic rings. The lowest BCUT2D eigenvalue weighted by molar-refractivity contribution is 0.0176. The van der Waals surface area contributed by atoms with E-state index in [2.05, 4.69) is 5.10 Å². The Kier molecular flexibility index (Phi) is 8.24. The van der Waals surface area contributed by atoms with Gasteiger partial charge in [0.15, 0.2) is 0 Å². The second-order valence-electron chi connectivity index (χ2n) is 7.29. The molecular weight excluding hydrogens is 349 g/mol. The third-order valence-electron chi connectivity index (χ3n) is 4.53. The Labute approximate surface area is 162 Å². The summed E-state index contributed by atoms with van der Waals surface area (Å²) in [5, 5.41) is 4.17. The highest BCUT2D eigenvalue weighted by molar-refractivity contribution is 5.56. The number of methoxy groups -OCH3 is 1. The highest BCUT2D eigenvalue weighted by Gasteiger charge is 2.21. The number of hydrogen-bond donors (Lipinski definition) is 1. The van der Waals surface area contributed by atoms with Gasteiger partial charge in [-0.2, -0.15) is 5.10 Å². The molecule has 3 rings (SSSR count). The van der Waals surface area contributed by atoms with Crippen LogP contribution < -0.4 is 10.5 Å². The lowest BCUT2D eigenvalue weighted by Crippen LogP contribution is -2.31. The van der Waals surface area contributed by atoms with Crippen LogP contribution in [-0.2, 0) is 11.3 Å². The van der Waals surface area contributed by atoms with Gasteiger partial charge >= 0.3 is 0 Å². The summed E-state index contributed by atoms with van der Waals surface area (Å²) in [4.78, 5) is 0. The number of nitrogen functional groups attached to an aromatic ring is 1. The van der Waals surface area contributed by atoms with E-state index in [9.17, 15) is 4.39 Å². The fraction of sp³-hybridized carbons (Fsp3) is 0.550.